The Kier molecular flexibility index (Phi) is 3.96. The zero-order valence-electron chi connectivity index (χ0n) is 10.4. The average molecular weight is 266 g/mol. The lowest BCUT2D eigenvalue weighted by Gasteiger charge is -2.11. The van der Waals surface area contributed by atoms with Crippen molar-refractivity contribution in [3.8, 4) is 0 Å². The molecule has 0 unspecified atom stereocenters. The SMILES string of the molecule is O=C([O-])c1ccc(/C=C/c2ccccc2)cc1C(=O)[O-]. The molecule has 0 spiro atoms. The summed E-state index contributed by atoms with van der Waals surface area (Å²) in [5, 5.41) is 21.7. The molecule has 0 heterocycles. The van der Waals surface area contributed by atoms with Crippen molar-refractivity contribution in [1.29, 1.82) is 0 Å². The van der Waals surface area contributed by atoms with E-state index in [4.69, 9.17) is 0 Å². The number of hydrogen-bond donors (Lipinski definition) is 0. The topological polar surface area (TPSA) is 80.3 Å². The van der Waals surface area contributed by atoms with Gasteiger partial charge in [0, 0.05) is 11.1 Å². The second kappa shape index (κ2) is 5.84. The van der Waals surface area contributed by atoms with E-state index in [1.807, 2.05) is 30.3 Å². The van der Waals surface area contributed by atoms with E-state index in [0.717, 1.165) is 5.56 Å². The number of carboxylic acids is 2. The number of carbonyl (C=O) groups is 2. The number of carbonyl (C=O) groups excluding carboxylic acids is 2. The summed E-state index contributed by atoms with van der Waals surface area (Å²) in [7, 11) is 0. The van der Waals surface area contributed by atoms with Crippen molar-refractivity contribution in [3.05, 3.63) is 70.8 Å². The molecule has 0 aliphatic rings. The molecule has 0 bridgehead atoms. The Labute approximate surface area is 115 Å². The van der Waals surface area contributed by atoms with Crippen LogP contribution >= 0.6 is 0 Å². The van der Waals surface area contributed by atoms with Crippen LogP contribution in [-0.2, 0) is 0 Å². The second-order valence-corrected chi connectivity index (χ2v) is 4.12. The Bertz CT molecular complexity index is 672. The summed E-state index contributed by atoms with van der Waals surface area (Å²) >= 11 is 0. The summed E-state index contributed by atoms with van der Waals surface area (Å²) in [5.41, 5.74) is 0.742. The lowest BCUT2D eigenvalue weighted by molar-refractivity contribution is -0.259. The fourth-order valence-corrected chi connectivity index (χ4v) is 1.77. The van der Waals surface area contributed by atoms with Crippen LogP contribution < -0.4 is 10.2 Å². The maximum atomic E-state index is 10.9. The first-order chi connectivity index (χ1) is 9.58. The molecule has 2 aromatic rings. The van der Waals surface area contributed by atoms with Crippen molar-refractivity contribution >= 4 is 24.1 Å². The number of hydrogen-bond acceptors (Lipinski definition) is 4. The fourth-order valence-electron chi connectivity index (χ4n) is 1.77. The smallest absolute Gasteiger partial charge is 0.0722 e. The van der Waals surface area contributed by atoms with Crippen LogP contribution in [0.1, 0.15) is 31.8 Å². The molecular weight excluding hydrogens is 256 g/mol. The van der Waals surface area contributed by atoms with Crippen molar-refractivity contribution in [2.75, 3.05) is 0 Å². The van der Waals surface area contributed by atoms with E-state index in [1.165, 1.54) is 18.2 Å². The van der Waals surface area contributed by atoms with Gasteiger partial charge in [0.25, 0.3) is 0 Å². The quantitative estimate of drug-likeness (QED) is 0.758. The summed E-state index contributed by atoms with van der Waals surface area (Å²) in [4.78, 5) is 21.7. The van der Waals surface area contributed by atoms with Gasteiger partial charge in [-0.05, 0) is 17.2 Å². The Morgan fingerprint density at radius 1 is 0.750 bits per heavy atom. The Morgan fingerprint density at radius 2 is 1.35 bits per heavy atom. The van der Waals surface area contributed by atoms with Gasteiger partial charge in [0.15, 0.2) is 0 Å². The van der Waals surface area contributed by atoms with Gasteiger partial charge in [0.05, 0.1) is 11.9 Å². The standard InChI is InChI=1S/C16H12O4/c17-15(18)13-9-8-12(10-14(13)16(19)20)7-6-11-4-2-1-3-5-11/h1-10H,(H,17,18)(H,19,20)/p-2/b7-6+. The molecule has 0 fully saturated rings. The molecular formula is C16H10O4-2. The van der Waals surface area contributed by atoms with E-state index >= 15 is 0 Å². The van der Waals surface area contributed by atoms with Gasteiger partial charge in [-0.3, -0.25) is 0 Å². The van der Waals surface area contributed by atoms with Gasteiger partial charge in [-0.1, -0.05) is 54.6 Å². The summed E-state index contributed by atoms with van der Waals surface area (Å²) < 4.78 is 0. The van der Waals surface area contributed by atoms with Gasteiger partial charge in [-0.25, -0.2) is 0 Å². The highest BCUT2D eigenvalue weighted by Gasteiger charge is 2.05. The molecule has 20 heavy (non-hydrogen) atoms. The van der Waals surface area contributed by atoms with Crippen LogP contribution in [0.15, 0.2) is 48.5 Å². The van der Waals surface area contributed by atoms with Crippen LogP contribution in [0.25, 0.3) is 12.2 Å². The molecule has 2 rings (SSSR count). The largest absolute Gasteiger partial charge is 0.545 e. The minimum Gasteiger partial charge on any atom is -0.545 e. The Morgan fingerprint density at radius 3 is 1.95 bits per heavy atom. The van der Waals surface area contributed by atoms with E-state index in [2.05, 4.69) is 0 Å². The van der Waals surface area contributed by atoms with E-state index in [-0.39, 0.29) is 11.1 Å². The molecule has 4 heteroatoms. The molecule has 0 amide bonds. The number of benzene rings is 2. The molecule has 0 N–H and O–H groups in total. The highest BCUT2D eigenvalue weighted by molar-refractivity contribution is 6.00. The third kappa shape index (κ3) is 3.11. The van der Waals surface area contributed by atoms with Crippen LogP contribution in [-0.4, -0.2) is 11.9 Å². The molecule has 0 aliphatic heterocycles. The summed E-state index contributed by atoms with van der Waals surface area (Å²) in [6.07, 6.45) is 3.49. The molecule has 0 saturated carbocycles. The van der Waals surface area contributed by atoms with Crippen molar-refractivity contribution in [2.24, 2.45) is 0 Å². The predicted octanol–water partition coefficient (Wildman–Crippen LogP) is 0.584. The Hall–Kier alpha value is -2.88. The summed E-state index contributed by atoms with van der Waals surface area (Å²) in [6.45, 7) is 0. The summed E-state index contributed by atoms with van der Waals surface area (Å²) in [5.74, 6) is -3.08. The van der Waals surface area contributed by atoms with Crippen molar-refractivity contribution in [2.45, 2.75) is 0 Å². The van der Waals surface area contributed by atoms with Crippen molar-refractivity contribution in [3.63, 3.8) is 0 Å². The minimum atomic E-state index is -1.54. The van der Waals surface area contributed by atoms with Crippen LogP contribution in [0.5, 0.6) is 0 Å². The fraction of sp³-hybridized carbons (Fsp3) is 0. The van der Waals surface area contributed by atoms with Gasteiger partial charge >= 0.3 is 0 Å². The zero-order valence-corrected chi connectivity index (χ0v) is 10.4. The van der Waals surface area contributed by atoms with E-state index in [0.29, 0.717) is 5.56 Å². The highest BCUT2D eigenvalue weighted by Crippen LogP contribution is 2.14. The third-order valence-electron chi connectivity index (χ3n) is 2.75. The first-order valence-corrected chi connectivity index (χ1v) is 5.88. The third-order valence-corrected chi connectivity index (χ3v) is 2.75. The van der Waals surface area contributed by atoms with Crippen molar-refractivity contribution < 1.29 is 19.8 Å². The first kappa shape index (κ1) is 13.5. The molecule has 0 atom stereocenters. The zero-order chi connectivity index (χ0) is 14.5. The van der Waals surface area contributed by atoms with Crippen LogP contribution in [0, 0.1) is 0 Å². The number of aromatic carboxylic acids is 2. The second-order valence-electron chi connectivity index (χ2n) is 4.12. The maximum absolute atomic E-state index is 10.9. The van der Waals surface area contributed by atoms with Crippen LogP contribution in [0.3, 0.4) is 0 Å². The molecule has 100 valence electrons. The van der Waals surface area contributed by atoms with E-state index in [1.54, 1.807) is 12.2 Å². The number of carboxylic acid groups (broad SMARTS) is 2. The molecule has 0 radical (unpaired) electrons. The van der Waals surface area contributed by atoms with Gasteiger partial charge in [-0.15, -0.1) is 0 Å². The maximum Gasteiger partial charge on any atom is 0.0722 e. The normalized spacial score (nSPS) is 10.6. The lowest BCUT2D eigenvalue weighted by Crippen LogP contribution is -2.30. The predicted molar refractivity (Wildman–Crippen MR) is 70.5 cm³/mol. The van der Waals surface area contributed by atoms with Gasteiger partial charge < -0.3 is 19.8 Å². The van der Waals surface area contributed by atoms with Gasteiger partial charge in [0.2, 0.25) is 0 Å². The molecule has 0 saturated heterocycles. The Balaban J connectivity index is 2.35. The lowest BCUT2D eigenvalue weighted by atomic mass is 10.0. The molecule has 4 nitrogen and oxygen atoms in total. The monoisotopic (exact) mass is 266 g/mol. The van der Waals surface area contributed by atoms with Crippen LogP contribution in [0.4, 0.5) is 0 Å². The molecule has 0 aromatic heterocycles. The highest BCUT2D eigenvalue weighted by atomic mass is 16.4. The van der Waals surface area contributed by atoms with Crippen LogP contribution in [0.2, 0.25) is 0 Å². The van der Waals surface area contributed by atoms with Gasteiger partial charge in [0.1, 0.15) is 0 Å². The van der Waals surface area contributed by atoms with Crippen molar-refractivity contribution in [1.82, 2.24) is 0 Å². The molecule has 2 aromatic carbocycles. The number of rotatable bonds is 4. The molecule has 0 aliphatic carbocycles. The van der Waals surface area contributed by atoms with E-state index in [9.17, 15) is 19.8 Å². The first-order valence-electron chi connectivity index (χ1n) is 5.88. The minimum absolute atomic E-state index is 0.387. The van der Waals surface area contributed by atoms with E-state index < -0.39 is 11.9 Å². The van der Waals surface area contributed by atoms with Gasteiger partial charge in [-0.2, -0.15) is 0 Å². The summed E-state index contributed by atoms with van der Waals surface area (Å²) in [6, 6.07) is 13.4. The average Bonchev–Trinajstić information content (AvgIpc) is 2.45.